The van der Waals surface area contributed by atoms with Crippen molar-refractivity contribution >= 4 is 0 Å². The second kappa shape index (κ2) is 3.97. The lowest BCUT2D eigenvalue weighted by Gasteiger charge is -2.54. The molecule has 1 heterocycles. The Balaban J connectivity index is 1.54. The molecule has 0 aromatic heterocycles. The van der Waals surface area contributed by atoms with Crippen LogP contribution in [-0.4, -0.2) is 24.9 Å². The van der Waals surface area contributed by atoms with Gasteiger partial charge in [-0.3, -0.25) is 4.84 Å². The summed E-state index contributed by atoms with van der Waals surface area (Å²) in [6.45, 7) is 5.50. The maximum atomic E-state index is 5.85. The number of rotatable bonds is 3. The van der Waals surface area contributed by atoms with Crippen LogP contribution >= 0.6 is 0 Å². The second-order valence-electron chi connectivity index (χ2n) is 6.19. The number of nitrogens with one attached hydrogen (secondary N) is 1. The molecule has 3 aliphatic rings. The number of hydrogen-bond donors (Lipinski definition) is 1. The molecule has 3 nitrogen and oxygen atoms in total. The van der Waals surface area contributed by atoms with Crippen molar-refractivity contribution in [1.82, 2.24) is 5.48 Å². The van der Waals surface area contributed by atoms with E-state index in [0.717, 1.165) is 6.61 Å². The fourth-order valence-electron chi connectivity index (χ4n) is 3.74. The lowest BCUT2D eigenvalue weighted by atomic mass is 9.58. The van der Waals surface area contributed by atoms with Crippen LogP contribution < -0.4 is 5.48 Å². The number of ether oxygens (including phenoxy) is 1. The van der Waals surface area contributed by atoms with Crippen LogP contribution in [0.15, 0.2) is 0 Å². The Bertz CT molecular complexity index is 261. The first-order chi connectivity index (χ1) is 7.69. The Kier molecular flexibility index (Phi) is 2.73. The van der Waals surface area contributed by atoms with Gasteiger partial charge in [-0.05, 0) is 19.3 Å². The molecule has 1 aliphatic heterocycles. The lowest BCUT2D eigenvalue weighted by molar-refractivity contribution is -0.172. The van der Waals surface area contributed by atoms with Gasteiger partial charge in [-0.1, -0.05) is 26.7 Å². The van der Waals surface area contributed by atoms with E-state index in [0.29, 0.717) is 24.2 Å². The predicted molar refractivity (Wildman–Crippen MR) is 61.9 cm³/mol. The zero-order valence-electron chi connectivity index (χ0n) is 10.4. The molecule has 1 N–H and O–H groups in total. The lowest BCUT2D eigenvalue weighted by Crippen LogP contribution is -2.66. The van der Waals surface area contributed by atoms with Crippen LogP contribution in [0.2, 0.25) is 0 Å². The van der Waals surface area contributed by atoms with Gasteiger partial charge in [-0.25, -0.2) is 0 Å². The Labute approximate surface area is 97.8 Å². The van der Waals surface area contributed by atoms with Crippen molar-refractivity contribution in [3.8, 4) is 0 Å². The van der Waals surface area contributed by atoms with Crippen molar-refractivity contribution in [3.05, 3.63) is 0 Å². The molecule has 0 amide bonds. The van der Waals surface area contributed by atoms with Crippen LogP contribution in [0, 0.1) is 11.3 Å². The minimum atomic E-state index is 0.236. The molecule has 92 valence electrons. The summed E-state index contributed by atoms with van der Waals surface area (Å²) < 4.78 is 5.77. The van der Waals surface area contributed by atoms with Gasteiger partial charge < -0.3 is 4.74 Å². The molecule has 3 unspecified atom stereocenters. The fourth-order valence-corrected chi connectivity index (χ4v) is 3.74. The molecular formula is C13H23NO2. The van der Waals surface area contributed by atoms with E-state index in [1.54, 1.807) is 0 Å². The summed E-state index contributed by atoms with van der Waals surface area (Å²) in [6.07, 6.45) is 7.22. The van der Waals surface area contributed by atoms with Crippen molar-refractivity contribution in [2.45, 2.75) is 64.2 Å². The number of hydroxylamine groups is 1. The molecule has 0 aromatic carbocycles. The molecule has 2 aliphatic carbocycles. The third-order valence-electron chi connectivity index (χ3n) is 4.76. The van der Waals surface area contributed by atoms with Gasteiger partial charge in [-0.15, -0.1) is 0 Å². The van der Waals surface area contributed by atoms with E-state index in [9.17, 15) is 0 Å². The van der Waals surface area contributed by atoms with E-state index in [2.05, 4.69) is 19.3 Å². The van der Waals surface area contributed by atoms with Crippen molar-refractivity contribution in [2.75, 3.05) is 6.61 Å². The first-order valence-corrected chi connectivity index (χ1v) is 6.72. The van der Waals surface area contributed by atoms with E-state index in [1.807, 2.05) is 0 Å². The topological polar surface area (TPSA) is 30.5 Å². The van der Waals surface area contributed by atoms with E-state index >= 15 is 0 Å². The summed E-state index contributed by atoms with van der Waals surface area (Å²) in [4.78, 5) is 5.85. The van der Waals surface area contributed by atoms with Gasteiger partial charge in [0.2, 0.25) is 0 Å². The summed E-state index contributed by atoms with van der Waals surface area (Å²) in [5.41, 5.74) is 3.58. The molecule has 3 heteroatoms. The maximum Gasteiger partial charge on any atom is 0.0790 e. The quantitative estimate of drug-likeness (QED) is 0.747. The van der Waals surface area contributed by atoms with Gasteiger partial charge in [0.15, 0.2) is 0 Å². The van der Waals surface area contributed by atoms with Crippen LogP contribution in [-0.2, 0) is 9.57 Å². The van der Waals surface area contributed by atoms with Gasteiger partial charge in [0.25, 0.3) is 0 Å². The highest BCUT2D eigenvalue weighted by Gasteiger charge is 2.59. The van der Waals surface area contributed by atoms with E-state index in [4.69, 9.17) is 9.57 Å². The van der Waals surface area contributed by atoms with Crippen molar-refractivity contribution < 1.29 is 9.57 Å². The molecule has 16 heavy (non-hydrogen) atoms. The zero-order chi connectivity index (χ0) is 11.2. The molecule has 2 saturated carbocycles. The first kappa shape index (κ1) is 11.0. The van der Waals surface area contributed by atoms with Gasteiger partial charge in [-0.2, -0.15) is 5.48 Å². The van der Waals surface area contributed by atoms with Crippen molar-refractivity contribution in [1.29, 1.82) is 0 Å². The summed E-state index contributed by atoms with van der Waals surface area (Å²) >= 11 is 0. The molecular weight excluding hydrogens is 202 g/mol. The summed E-state index contributed by atoms with van der Waals surface area (Å²) in [6, 6.07) is 0.487. The molecule has 3 fully saturated rings. The highest BCUT2D eigenvalue weighted by molar-refractivity contribution is 5.10. The SMILES string of the molecule is CC1(C)C(NOC2CCCC2)C2CCOC21. The van der Waals surface area contributed by atoms with Gasteiger partial charge in [0, 0.05) is 24.0 Å². The van der Waals surface area contributed by atoms with Crippen molar-refractivity contribution in [3.63, 3.8) is 0 Å². The molecule has 3 atom stereocenters. The van der Waals surface area contributed by atoms with Gasteiger partial charge in [0.1, 0.15) is 0 Å². The molecule has 3 rings (SSSR count). The Morgan fingerprint density at radius 1 is 1.19 bits per heavy atom. The summed E-state index contributed by atoms with van der Waals surface area (Å²) in [7, 11) is 0. The number of fused-ring (bicyclic) bond motifs is 1. The Morgan fingerprint density at radius 3 is 2.69 bits per heavy atom. The second-order valence-corrected chi connectivity index (χ2v) is 6.19. The predicted octanol–water partition coefficient (Wildman–Crippen LogP) is 2.26. The van der Waals surface area contributed by atoms with Crippen LogP contribution in [0.5, 0.6) is 0 Å². The molecule has 0 bridgehead atoms. The van der Waals surface area contributed by atoms with Gasteiger partial charge >= 0.3 is 0 Å². The fraction of sp³-hybridized carbons (Fsp3) is 1.00. The van der Waals surface area contributed by atoms with E-state index in [1.165, 1.54) is 32.1 Å². The first-order valence-electron chi connectivity index (χ1n) is 6.72. The molecule has 0 spiro atoms. The Morgan fingerprint density at radius 2 is 1.94 bits per heavy atom. The standard InChI is InChI=1S/C13H23NO2/c1-13(2)11(10-7-8-15-12(10)13)14-16-9-5-3-4-6-9/h9-12,14H,3-8H2,1-2H3. The van der Waals surface area contributed by atoms with Gasteiger partial charge in [0.05, 0.1) is 12.2 Å². The maximum absolute atomic E-state index is 5.85. The third kappa shape index (κ3) is 1.60. The summed E-state index contributed by atoms with van der Waals surface area (Å²) in [5.74, 6) is 0.677. The highest BCUT2D eigenvalue weighted by Crippen LogP contribution is 2.52. The summed E-state index contributed by atoms with van der Waals surface area (Å²) in [5, 5.41) is 0. The zero-order valence-corrected chi connectivity index (χ0v) is 10.4. The van der Waals surface area contributed by atoms with Crippen LogP contribution in [0.3, 0.4) is 0 Å². The average molecular weight is 225 g/mol. The highest BCUT2D eigenvalue weighted by atomic mass is 16.7. The van der Waals surface area contributed by atoms with Crippen molar-refractivity contribution in [2.24, 2.45) is 11.3 Å². The molecule has 0 radical (unpaired) electrons. The third-order valence-corrected chi connectivity index (χ3v) is 4.76. The largest absolute Gasteiger partial charge is 0.377 e. The Hall–Kier alpha value is -0.120. The van der Waals surface area contributed by atoms with Crippen LogP contribution in [0.25, 0.3) is 0 Å². The minimum Gasteiger partial charge on any atom is -0.377 e. The van der Waals surface area contributed by atoms with Crippen LogP contribution in [0.4, 0.5) is 0 Å². The van der Waals surface area contributed by atoms with Crippen LogP contribution in [0.1, 0.15) is 46.0 Å². The monoisotopic (exact) mass is 225 g/mol. The molecule has 0 aromatic rings. The average Bonchev–Trinajstić information content (AvgIpc) is 2.86. The van der Waals surface area contributed by atoms with E-state index < -0.39 is 0 Å². The number of hydrogen-bond acceptors (Lipinski definition) is 3. The molecule has 1 saturated heterocycles. The smallest absolute Gasteiger partial charge is 0.0790 e. The minimum absolute atomic E-state index is 0.236. The van der Waals surface area contributed by atoms with E-state index in [-0.39, 0.29) is 5.41 Å². The normalized spacial score (nSPS) is 42.0.